The number of likely N-dealkylation sites (N-methyl/N-ethyl adjacent to an activating group) is 1. The molecule has 10 heteroatoms. The summed E-state index contributed by atoms with van der Waals surface area (Å²) in [5.74, 6) is 0.641. The molecule has 0 saturated heterocycles. The smallest absolute Gasteiger partial charge is 0.375 e. The molecule has 0 fully saturated rings. The van der Waals surface area contributed by atoms with Crippen molar-refractivity contribution in [3.05, 3.63) is 16.1 Å². The number of alkyl halides is 3. The first-order valence-electron chi connectivity index (χ1n) is 8.38. The second kappa shape index (κ2) is 10.7. The molecule has 1 rings (SSSR count). The van der Waals surface area contributed by atoms with Crippen molar-refractivity contribution in [2.24, 2.45) is 4.99 Å². The standard InChI is InChI=1S/C16H28F3N5OS/c1-6-20-15(21-7-8-23(3)11-16(17,18)19)24(4)9-13-10-26-14(22-13)12(2)25-5/h10,12H,6-9,11H2,1-5H3,(H,20,21). The Morgan fingerprint density at radius 3 is 2.69 bits per heavy atom. The largest absolute Gasteiger partial charge is 0.401 e. The number of aliphatic imine (C=N–C) groups is 1. The maximum absolute atomic E-state index is 12.4. The van der Waals surface area contributed by atoms with Gasteiger partial charge < -0.3 is 15.0 Å². The highest BCUT2D eigenvalue weighted by atomic mass is 32.1. The molecular weight excluding hydrogens is 367 g/mol. The van der Waals surface area contributed by atoms with Crippen molar-refractivity contribution in [2.75, 3.05) is 47.4 Å². The van der Waals surface area contributed by atoms with Gasteiger partial charge in [0.15, 0.2) is 5.96 Å². The highest BCUT2D eigenvalue weighted by Gasteiger charge is 2.28. The Kier molecular flexibility index (Phi) is 9.31. The van der Waals surface area contributed by atoms with Gasteiger partial charge in [0.05, 0.1) is 25.3 Å². The molecule has 1 aromatic heterocycles. The third-order valence-corrected chi connectivity index (χ3v) is 4.61. The summed E-state index contributed by atoms with van der Waals surface area (Å²) >= 11 is 1.54. The molecule has 0 aliphatic carbocycles. The lowest BCUT2D eigenvalue weighted by molar-refractivity contribution is -0.142. The van der Waals surface area contributed by atoms with Gasteiger partial charge in [0.1, 0.15) is 11.1 Å². The zero-order valence-electron chi connectivity index (χ0n) is 15.9. The van der Waals surface area contributed by atoms with Gasteiger partial charge in [-0.25, -0.2) is 4.98 Å². The molecule has 0 bridgehead atoms. The molecular formula is C16H28F3N5OS. The second-order valence-electron chi connectivity index (χ2n) is 6.00. The number of guanidine groups is 1. The van der Waals surface area contributed by atoms with Crippen LogP contribution in [0.5, 0.6) is 0 Å². The normalized spacial score (nSPS) is 14.0. The number of nitrogens with one attached hydrogen (secondary N) is 1. The fourth-order valence-electron chi connectivity index (χ4n) is 2.18. The number of methoxy groups -OCH3 is 1. The topological polar surface area (TPSA) is 53.0 Å². The van der Waals surface area contributed by atoms with Crippen molar-refractivity contribution >= 4 is 17.3 Å². The van der Waals surface area contributed by atoms with E-state index in [9.17, 15) is 13.2 Å². The van der Waals surface area contributed by atoms with E-state index in [1.165, 1.54) is 11.9 Å². The minimum absolute atomic E-state index is 0.0508. The van der Waals surface area contributed by atoms with E-state index in [0.717, 1.165) is 10.7 Å². The highest BCUT2D eigenvalue weighted by Crippen LogP contribution is 2.21. The van der Waals surface area contributed by atoms with Crippen LogP contribution in [0.4, 0.5) is 13.2 Å². The van der Waals surface area contributed by atoms with Crippen LogP contribution in [0.25, 0.3) is 0 Å². The first-order chi connectivity index (χ1) is 12.2. The van der Waals surface area contributed by atoms with Gasteiger partial charge in [-0.3, -0.25) is 9.89 Å². The van der Waals surface area contributed by atoms with Crippen molar-refractivity contribution in [1.82, 2.24) is 20.1 Å². The SMILES string of the molecule is CCNC(=NCCN(C)CC(F)(F)F)N(C)Cc1csc(C(C)OC)n1. The Bertz CT molecular complexity index is 564. The van der Waals surface area contributed by atoms with Crippen molar-refractivity contribution in [1.29, 1.82) is 0 Å². The summed E-state index contributed by atoms with van der Waals surface area (Å²) in [6.07, 6.45) is -4.24. The van der Waals surface area contributed by atoms with Crippen LogP contribution in [0.3, 0.4) is 0 Å². The van der Waals surface area contributed by atoms with Crippen LogP contribution < -0.4 is 5.32 Å². The fourth-order valence-corrected chi connectivity index (χ4v) is 3.02. The zero-order valence-corrected chi connectivity index (χ0v) is 16.7. The number of ether oxygens (including phenoxy) is 1. The summed E-state index contributed by atoms with van der Waals surface area (Å²) in [5.41, 5.74) is 0.899. The monoisotopic (exact) mass is 395 g/mol. The van der Waals surface area contributed by atoms with Crippen LogP contribution >= 0.6 is 11.3 Å². The van der Waals surface area contributed by atoms with Crippen molar-refractivity contribution < 1.29 is 17.9 Å². The summed E-state index contributed by atoms with van der Waals surface area (Å²) < 4.78 is 42.3. The van der Waals surface area contributed by atoms with Crippen LogP contribution in [-0.4, -0.2) is 74.3 Å². The number of halogens is 3. The van der Waals surface area contributed by atoms with E-state index in [2.05, 4.69) is 15.3 Å². The molecule has 0 aromatic carbocycles. The predicted octanol–water partition coefficient (Wildman–Crippen LogP) is 2.74. The molecule has 0 aliphatic rings. The van der Waals surface area contributed by atoms with Crippen LogP contribution in [0.15, 0.2) is 10.4 Å². The highest BCUT2D eigenvalue weighted by molar-refractivity contribution is 7.09. The lowest BCUT2D eigenvalue weighted by atomic mass is 10.4. The molecule has 1 aromatic rings. The summed E-state index contributed by atoms with van der Waals surface area (Å²) in [4.78, 5) is 12.1. The Morgan fingerprint density at radius 2 is 2.12 bits per heavy atom. The summed E-state index contributed by atoms with van der Waals surface area (Å²) in [6, 6.07) is 0. The number of rotatable bonds is 9. The van der Waals surface area contributed by atoms with Gasteiger partial charge in [-0.1, -0.05) is 0 Å². The Balaban J connectivity index is 2.62. The van der Waals surface area contributed by atoms with Gasteiger partial charge >= 0.3 is 6.18 Å². The molecule has 26 heavy (non-hydrogen) atoms. The molecule has 1 heterocycles. The average molecular weight is 395 g/mol. The number of thiazole rings is 1. The fraction of sp³-hybridized carbons (Fsp3) is 0.750. The molecule has 0 spiro atoms. The van der Waals surface area contributed by atoms with Crippen molar-refractivity contribution in [2.45, 2.75) is 32.7 Å². The van der Waals surface area contributed by atoms with E-state index in [0.29, 0.717) is 19.0 Å². The third-order valence-electron chi connectivity index (χ3n) is 3.56. The summed E-state index contributed by atoms with van der Waals surface area (Å²) in [7, 11) is 4.96. The van der Waals surface area contributed by atoms with Gasteiger partial charge in [-0.2, -0.15) is 13.2 Å². The number of hydrogen-bond donors (Lipinski definition) is 1. The van der Waals surface area contributed by atoms with Crippen molar-refractivity contribution in [3.8, 4) is 0 Å². The van der Waals surface area contributed by atoms with Gasteiger partial charge in [-0.15, -0.1) is 11.3 Å². The molecule has 0 saturated carbocycles. The number of nitrogens with zero attached hydrogens (tertiary/aromatic N) is 4. The molecule has 0 aliphatic heterocycles. The maximum atomic E-state index is 12.4. The van der Waals surface area contributed by atoms with Crippen LogP contribution in [-0.2, 0) is 11.3 Å². The summed E-state index contributed by atoms with van der Waals surface area (Å²) in [6.45, 7) is 4.68. The van der Waals surface area contributed by atoms with E-state index in [1.54, 1.807) is 18.4 Å². The molecule has 1 atom stereocenters. The number of hydrogen-bond acceptors (Lipinski definition) is 5. The zero-order chi connectivity index (χ0) is 19.7. The second-order valence-corrected chi connectivity index (χ2v) is 6.89. The Morgan fingerprint density at radius 1 is 1.42 bits per heavy atom. The van der Waals surface area contributed by atoms with E-state index in [1.807, 2.05) is 31.2 Å². The Labute approximate surface area is 157 Å². The quantitative estimate of drug-likeness (QED) is 0.515. The van der Waals surface area contributed by atoms with E-state index in [4.69, 9.17) is 4.74 Å². The first kappa shape index (κ1) is 22.7. The van der Waals surface area contributed by atoms with E-state index >= 15 is 0 Å². The van der Waals surface area contributed by atoms with Gasteiger partial charge in [-0.05, 0) is 20.9 Å². The molecule has 1 unspecified atom stereocenters. The third kappa shape index (κ3) is 8.33. The minimum atomic E-state index is -4.19. The maximum Gasteiger partial charge on any atom is 0.401 e. The molecule has 6 nitrogen and oxygen atoms in total. The molecule has 150 valence electrons. The minimum Gasteiger partial charge on any atom is -0.375 e. The van der Waals surface area contributed by atoms with E-state index in [-0.39, 0.29) is 19.2 Å². The van der Waals surface area contributed by atoms with Crippen LogP contribution in [0.2, 0.25) is 0 Å². The van der Waals surface area contributed by atoms with Crippen molar-refractivity contribution in [3.63, 3.8) is 0 Å². The van der Waals surface area contributed by atoms with Crippen LogP contribution in [0, 0.1) is 0 Å². The lowest BCUT2D eigenvalue weighted by Gasteiger charge is -2.22. The van der Waals surface area contributed by atoms with E-state index < -0.39 is 12.7 Å². The van der Waals surface area contributed by atoms with Gasteiger partial charge in [0.2, 0.25) is 0 Å². The Hall–Kier alpha value is -1.39. The molecule has 1 N–H and O–H groups in total. The summed E-state index contributed by atoms with van der Waals surface area (Å²) in [5, 5.41) is 6.03. The number of aromatic nitrogens is 1. The predicted molar refractivity (Wildman–Crippen MR) is 98.5 cm³/mol. The first-order valence-corrected chi connectivity index (χ1v) is 9.26. The van der Waals surface area contributed by atoms with Crippen LogP contribution in [0.1, 0.15) is 30.7 Å². The molecule has 0 amide bonds. The van der Waals surface area contributed by atoms with Gasteiger partial charge in [0, 0.05) is 32.6 Å². The molecule has 0 radical (unpaired) electrons. The lowest BCUT2D eigenvalue weighted by Crippen LogP contribution is -2.39. The average Bonchev–Trinajstić information content (AvgIpc) is 3.00. The van der Waals surface area contributed by atoms with Gasteiger partial charge in [0.25, 0.3) is 0 Å².